The molecule has 0 amide bonds. The minimum absolute atomic E-state index is 0.693. The van der Waals surface area contributed by atoms with Gasteiger partial charge in [0.1, 0.15) is 7.05 Å². The maximum absolute atomic E-state index is 9.08. The number of benzene rings is 2. The van der Waals surface area contributed by atoms with Crippen LogP contribution in [0.1, 0.15) is 11.1 Å². The summed E-state index contributed by atoms with van der Waals surface area (Å²) in [5, 5.41) is 11.5. The molecule has 1 heterocycles. The van der Waals surface area contributed by atoms with Crippen molar-refractivity contribution >= 4 is 10.8 Å². The van der Waals surface area contributed by atoms with E-state index < -0.39 is 0 Å². The zero-order valence-corrected chi connectivity index (χ0v) is 11.6. The van der Waals surface area contributed by atoms with Crippen LogP contribution in [0.4, 0.5) is 0 Å². The number of pyridine rings is 1. The van der Waals surface area contributed by atoms with E-state index in [0.29, 0.717) is 5.56 Å². The van der Waals surface area contributed by atoms with Gasteiger partial charge in [0, 0.05) is 11.5 Å². The molecule has 0 aliphatic carbocycles. The smallest absolute Gasteiger partial charge is 0.200 e. The van der Waals surface area contributed by atoms with Crippen LogP contribution in [0.15, 0.2) is 54.7 Å². The number of fused-ring (bicyclic) bond motifs is 1. The third-order valence-corrected chi connectivity index (χ3v) is 3.64. The van der Waals surface area contributed by atoms with Crippen molar-refractivity contribution in [2.24, 2.45) is 7.05 Å². The molecule has 3 aromatic rings. The van der Waals surface area contributed by atoms with Crippen molar-refractivity contribution in [3.05, 3.63) is 65.9 Å². The molecule has 0 aliphatic rings. The molecule has 20 heavy (non-hydrogen) atoms. The summed E-state index contributed by atoms with van der Waals surface area (Å²) in [6, 6.07) is 18.5. The van der Waals surface area contributed by atoms with Crippen LogP contribution in [-0.4, -0.2) is 0 Å². The van der Waals surface area contributed by atoms with E-state index in [-0.39, 0.29) is 0 Å². The Morgan fingerprint density at radius 2 is 1.75 bits per heavy atom. The molecule has 1 aromatic heterocycles. The minimum Gasteiger partial charge on any atom is -0.200 e. The first-order valence-electron chi connectivity index (χ1n) is 6.58. The lowest BCUT2D eigenvalue weighted by Gasteiger charge is -2.06. The molecule has 2 nitrogen and oxygen atoms in total. The molecule has 0 spiro atoms. The molecule has 0 saturated carbocycles. The van der Waals surface area contributed by atoms with Crippen molar-refractivity contribution in [3.8, 4) is 17.3 Å². The number of nitriles is 1. The molecule has 2 heteroatoms. The number of aromatic nitrogens is 1. The summed E-state index contributed by atoms with van der Waals surface area (Å²) in [5.41, 5.74) is 4.10. The highest BCUT2D eigenvalue weighted by molar-refractivity contribution is 5.84. The monoisotopic (exact) mass is 259 g/mol. The van der Waals surface area contributed by atoms with Crippen LogP contribution in [-0.2, 0) is 7.05 Å². The van der Waals surface area contributed by atoms with Gasteiger partial charge in [-0.2, -0.15) is 5.26 Å². The SMILES string of the molecule is Cc1ccc(C#N)cc1-c1cc2ccccc2c[n+]1C. The third-order valence-electron chi connectivity index (χ3n) is 3.64. The average Bonchev–Trinajstić information content (AvgIpc) is 2.47. The van der Waals surface area contributed by atoms with Crippen LogP contribution in [0.25, 0.3) is 22.0 Å². The Morgan fingerprint density at radius 1 is 1.00 bits per heavy atom. The Morgan fingerprint density at radius 3 is 2.50 bits per heavy atom. The van der Waals surface area contributed by atoms with Crippen LogP contribution >= 0.6 is 0 Å². The quantitative estimate of drug-likeness (QED) is 0.614. The highest BCUT2D eigenvalue weighted by Gasteiger charge is 2.14. The summed E-state index contributed by atoms with van der Waals surface area (Å²) in [4.78, 5) is 0. The van der Waals surface area contributed by atoms with Crippen LogP contribution in [0.5, 0.6) is 0 Å². The van der Waals surface area contributed by atoms with Crippen molar-refractivity contribution in [2.75, 3.05) is 0 Å². The van der Waals surface area contributed by atoms with Crippen LogP contribution in [0.3, 0.4) is 0 Å². The standard InChI is InChI=1S/C18H15N2/c1-13-7-8-14(11-19)9-17(13)18-10-15-5-3-4-6-16(15)12-20(18)2/h3-10,12H,1-2H3/q+1. The second-order valence-electron chi connectivity index (χ2n) is 5.04. The molecule has 0 fully saturated rings. The summed E-state index contributed by atoms with van der Waals surface area (Å²) in [5.74, 6) is 0. The van der Waals surface area contributed by atoms with E-state index in [0.717, 1.165) is 11.3 Å². The van der Waals surface area contributed by atoms with Crippen molar-refractivity contribution in [2.45, 2.75) is 6.92 Å². The Labute approximate surface area is 118 Å². The molecule has 96 valence electrons. The van der Waals surface area contributed by atoms with Crippen LogP contribution < -0.4 is 4.57 Å². The largest absolute Gasteiger partial charge is 0.213 e. The fraction of sp³-hybridized carbons (Fsp3) is 0.111. The van der Waals surface area contributed by atoms with E-state index in [2.05, 4.69) is 42.0 Å². The molecule has 0 saturated heterocycles. The zero-order chi connectivity index (χ0) is 14.1. The Kier molecular flexibility index (Phi) is 2.96. The highest BCUT2D eigenvalue weighted by Crippen LogP contribution is 2.24. The first-order valence-corrected chi connectivity index (χ1v) is 6.58. The molecular formula is C18H15N2+. The van der Waals surface area contributed by atoms with Gasteiger partial charge in [0.15, 0.2) is 6.20 Å². The Bertz CT molecular complexity index is 842. The summed E-state index contributed by atoms with van der Waals surface area (Å²) < 4.78 is 2.12. The molecule has 0 unspecified atom stereocenters. The van der Waals surface area contributed by atoms with Crippen molar-refractivity contribution in [3.63, 3.8) is 0 Å². The van der Waals surface area contributed by atoms with Gasteiger partial charge in [-0.1, -0.05) is 24.3 Å². The molecule has 0 radical (unpaired) electrons. The second-order valence-corrected chi connectivity index (χ2v) is 5.04. The van der Waals surface area contributed by atoms with Gasteiger partial charge >= 0.3 is 0 Å². The summed E-state index contributed by atoms with van der Waals surface area (Å²) >= 11 is 0. The van der Waals surface area contributed by atoms with Crippen molar-refractivity contribution < 1.29 is 4.57 Å². The van der Waals surface area contributed by atoms with E-state index in [1.165, 1.54) is 16.3 Å². The predicted octanol–water partition coefficient (Wildman–Crippen LogP) is 3.51. The lowest BCUT2D eigenvalue weighted by Crippen LogP contribution is -2.30. The van der Waals surface area contributed by atoms with E-state index in [1.54, 1.807) is 0 Å². The molecule has 2 aromatic carbocycles. The van der Waals surface area contributed by atoms with E-state index in [9.17, 15) is 0 Å². The zero-order valence-electron chi connectivity index (χ0n) is 11.6. The van der Waals surface area contributed by atoms with Crippen molar-refractivity contribution in [1.82, 2.24) is 0 Å². The molecular weight excluding hydrogens is 244 g/mol. The molecule has 0 bridgehead atoms. The van der Waals surface area contributed by atoms with Gasteiger partial charge in [-0.3, -0.25) is 0 Å². The van der Waals surface area contributed by atoms with Crippen LogP contribution in [0, 0.1) is 18.3 Å². The lowest BCUT2D eigenvalue weighted by molar-refractivity contribution is -0.659. The number of hydrogen-bond acceptors (Lipinski definition) is 1. The summed E-state index contributed by atoms with van der Waals surface area (Å²) in [6.07, 6.45) is 2.13. The maximum atomic E-state index is 9.08. The maximum Gasteiger partial charge on any atom is 0.213 e. The Hall–Kier alpha value is -2.66. The predicted molar refractivity (Wildman–Crippen MR) is 80.0 cm³/mol. The first-order chi connectivity index (χ1) is 9.69. The van der Waals surface area contributed by atoms with Gasteiger partial charge < -0.3 is 0 Å². The van der Waals surface area contributed by atoms with Gasteiger partial charge in [0.2, 0.25) is 5.69 Å². The van der Waals surface area contributed by atoms with Crippen molar-refractivity contribution in [1.29, 1.82) is 5.26 Å². The number of rotatable bonds is 1. The van der Waals surface area contributed by atoms with E-state index in [1.807, 2.05) is 37.4 Å². The minimum atomic E-state index is 0.693. The number of nitrogens with zero attached hydrogens (tertiary/aromatic N) is 2. The lowest BCUT2D eigenvalue weighted by atomic mass is 10.0. The summed E-state index contributed by atoms with van der Waals surface area (Å²) in [7, 11) is 2.04. The fourth-order valence-electron chi connectivity index (χ4n) is 2.52. The van der Waals surface area contributed by atoms with E-state index >= 15 is 0 Å². The number of aryl methyl sites for hydroxylation is 2. The van der Waals surface area contributed by atoms with Crippen LogP contribution in [0.2, 0.25) is 0 Å². The topological polar surface area (TPSA) is 27.7 Å². The van der Waals surface area contributed by atoms with Gasteiger partial charge in [-0.25, -0.2) is 4.57 Å². The third kappa shape index (κ3) is 2.04. The normalized spacial score (nSPS) is 10.4. The van der Waals surface area contributed by atoms with Gasteiger partial charge in [0.25, 0.3) is 0 Å². The summed E-state index contributed by atoms with van der Waals surface area (Å²) in [6.45, 7) is 2.08. The fourth-order valence-corrected chi connectivity index (χ4v) is 2.52. The van der Waals surface area contributed by atoms with Gasteiger partial charge in [-0.05, 0) is 36.1 Å². The second kappa shape index (κ2) is 4.79. The van der Waals surface area contributed by atoms with Gasteiger partial charge in [-0.15, -0.1) is 0 Å². The molecule has 3 rings (SSSR count). The molecule has 0 aliphatic heterocycles. The van der Waals surface area contributed by atoms with Gasteiger partial charge in [0.05, 0.1) is 17.2 Å². The molecule has 0 N–H and O–H groups in total. The van der Waals surface area contributed by atoms with E-state index in [4.69, 9.17) is 5.26 Å². The average molecular weight is 259 g/mol. The first kappa shape index (κ1) is 12.4. The molecule has 0 atom stereocenters. The Balaban J connectivity index is 2.29. The number of hydrogen-bond donors (Lipinski definition) is 0. The highest BCUT2D eigenvalue weighted by atomic mass is 14.9.